The minimum absolute atomic E-state index is 0.0772. The first-order valence-electron chi connectivity index (χ1n) is 3.55. The number of halogens is 3. The van der Waals surface area contributed by atoms with E-state index >= 15 is 0 Å². The average molecular weight is 169 g/mol. The number of hydrogen-bond donors (Lipinski definition) is 0. The summed E-state index contributed by atoms with van der Waals surface area (Å²) >= 11 is 0. The highest BCUT2D eigenvalue weighted by Gasteiger charge is 2.39. The van der Waals surface area contributed by atoms with Crippen LogP contribution < -0.4 is 0 Å². The molecule has 0 bridgehead atoms. The van der Waals surface area contributed by atoms with Crippen molar-refractivity contribution in [1.29, 1.82) is 0 Å². The van der Waals surface area contributed by atoms with Crippen LogP contribution in [0.3, 0.4) is 0 Å². The molecule has 0 amide bonds. The van der Waals surface area contributed by atoms with E-state index < -0.39 is 12.2 Å². The van der Waals surface area contributed by atoms with E-state index in [1.165, 1.54) is 18.9 Å². The largest absolute Gasteiger partial charge is 0.403 e. The number of rotatable bonds is 2. The lowest BCUT2D eigenvalue weighted by Crippen LogP contribution is -2.44. The van der Waals surface area contributed by atoms with E-state index in [1.807, 2.05) is 0 Å². The van der Waals surface area contributed by atoms with Gasteiger partial charge in [-0.2, -0.15) is 13.2 Å². The van der Waals surface area contributed by atoms with Gasteiger partial charge in [-0.05, 0) is 27.8 Å². The molecule has 0 fully saturated rings. The normalized spacial score (nSPS) is 16.1. The molecular weight excluding hydrogens is 155 g/mol. The third kappa shape index (κ3) is 3.10. The first-order chi connectivity index (χ1) is 4.76. The molecule has 0 heterocycles. The van der Waals surface area contributed by atoms with Crippen molar-refractivity contribution in [3.8, 4) is 0 Å². The first kappa shape index (κ1) is 10.8. The Morgan fingerprint density at radius 1 is 1.09 bits per heavy atom. The average Bonchev–Trinajstić information content (AvgIpc) is 1.82. The van der Waals surface area contributed by atoms with E-state index in [1.54, 1.807) is 13.8 Å². The Balaban J connectivity index is 4.13. The number of nitrogens with zero attached hydrogens (tertiary/aromatic N) is 1. The molecule has 0 spiro atoms. The lowest BCUT2D eigenvalue weighted by molar-refractivity contribution is -0.179. The van der Waals surface area contributed by atoms with Gasteiger partial charge >= 0.3 is 6.18 Å². The van der Waals surface area contributed by atoms with Gasteiger partial charge in [-0.1, -0.05) is 0 Å². The minimum atomic E-state index is -4.11. The predicted molar refractivity (Wildman–Crippen MR) is 38.4 cm³/mol. The smallest absolute Gasteiger partial charge is 0.293 e. The van der Waals surface area contributed by atoms with Crippen LogP contribution in [0.25, 0.3) is 0 Å². The molecule has 0 aromatic heterocycles. The first-order valence-corrected chi connectivity index (χ1v) is 3.55. The van der Waals surface area contributed by atoms with Crippen LogP contribution in [-0.2, 0) is 0 Å². The molecule has 0 saturated carbocycles. The van der Waals surface area contributed by atoms with Crippen molar-refractivity contribution in [2.24, 2.45) is 0 Å². The maximum Gasteiger partial charge on any atom is 0.403 e. The van der Waals surface area contributed by atoms with Gasteiger partial charge in [-0.3, -0.25) is 4.90 Å². The maximum absolute atomic E-state index is 12.0. The van der Waals surface area contributed by atoms with E-state index in [-0.39, 0.29) is 6.04 Å². The summed E-state index contributed by atoms with van der Waals surface area (Å²) in [4.78, 5) is 1.29. The summed E-state index contributed by atoms with van der Waals surface area (Å²) in [6, 6.07) is -1.44. The highest BCUT2D eigenvalue weighted by Crippen LogP contribution is 2.24. The molecule has 1 nitrogen and oxygen atoms in total. The Hall–Kier alpha value is -0.250. The zero-order valence-electron chi connectivity index (χ0n) is 7.24. The third-order valence-electron chi connectivity index (χ3n) is 1.90. The van der Waals surface area contributed by atoms with Crippen molar-refractivity contribution in [3.63, 3.8) is 0 Å². The van der Waals surface area contributed by atoms with Crippen molar-refractivity contribution < 1.29 is 13.2 Å². The molecule has 68 valence electrons. The number of alkyl halides is 3. The fourth-order valence-electron chi connectivity index (χ4n) is 0.678. The molecule has 1 atom stereocenters. The van der Waals surface area contributed by atoms with Crippen molar-refractivity contribution in [3.05, 3.63) is 0 Å². The molecule has 0 aromatic rings. The summed E-state index contributed by atoms with van der Waals surface area (Å²) < 4.78 is 36.1. The SMILES string of the molecule is CC(C)N(C)[C@@H](C)C(F)(F)F. The van der Waals surface area contributed by atoms with Crippen LogP contribution >= 0.6 is 0 Å². The van der Waals surface area contributed by atoms with Crippen LogP contribution in [0.1, 0.15) is 20.8 Å². The van der Waals surface area contributed by atoms with Crippen LogP contribution in [0.4, 0.5) is 13.2 Å². The van der Waals surface area contributed by atoms with Crippen LogP contribution in [0.5, 0.6) is 0 Å². The molecule has 0 saturated heterocycles. The Labute approximate surface area is 65.2 Å². The second-order valence-electron chi connectivity index (χ2n) is 2.98. The fourth-order valence-corrected chi connectivity index (χ4v) is 0.678. The van der Waals surface area contributed by atoms with E-state index in [0.29, 0.717) is 0 Å². The quantitative estimate of drug-likeness (QED) is 0.613. The lowest BCUT2D eigenvalue weighted by Gasteiger charge is -2.29. The van der Waals surface area contributed by atoms with E-state index in [0.717, 1.165) is 0 Å². The molecule has 0 rings (SSSR count). The Morgan fingerprint density at radius 3 is 1.55 bits per heavy atom. The van der Waals surface area contributed by atoms with E-state index in [9.17, 15) is 13.2 Å². The van der Waals surface area contributed by atoms with Gasteiger partial charge in [-0.25, -0.2) is 0 Å². The van der Waals surface area contributed by atoms with Crippen LogP contribution in [0.2, 0.25) is 0 Å². The molecular formula is C7H14F3N. The summed E-state index contributed by atoms with van der Waals surface area (Å²) in [6.45, 7) is 4.64. The van der Waals surface area contributed by atoms with Crippen molar-refractivity contribution >= 4 is 0 Å². The molecule has 4 heteroatoms. The summed E-state index contributed by atoms with van der Waals surface area (Å²) in [5.74, 6) is 0. The van der Waals surface area contributed by atoms with Gasteiger partial charge in [0.1, 0.15) is 6.04 Å². The Morgan fingerprint density at radius 2 is 1.45 bits per heavy atom. The molecule has 0 aromatic carbocycles. The molecule has 0 aliphatic rings. The zero-order valence-corrected chi connectivity index (χ0v) is 7.24. The maximum atomic E-state index is 12.0. The highest BCUT2D eigenvalue weighted by atomic mass is 19.4. The van der Waals surface area contributed by atoms with Crippen LogP contribution in [0, 0.1) is 0 Å². The van der Waals surface area contributed by atoms with Gasteiger partial charge in [0.15, 0.2) is 0 Å². The lowest BCUT2D eigenvalue weighted by atomic mass is 10.2. The van der Waals surface area contributed by atoms with Gasteiger partial charge in [0.05, 0.1) is 0 Å². The zero-order chi connectivity index (χ0) is 9.23. The predicted octanol–water partition coefficient (Wildman–Crippen LogP) is 2.28. The topological polar surface area (TPSA) is 3.24 Å². The Bertz CT molecular complexity index is 119. The van der Waals surface area contributed by atoms with Crippen molar-refractivity contribution in [2.75, 3.05) is 7.05 Å². The third-order valence-corrected chi connectivity index (χ3v) is 1.90. The van der Waals surface area contributed by atoms with E-state index in [4.69, 9.17) is 0 Å². The minimum Gasteiger partial charge on any atom is -0.293 e. The van der Waals surface area contributed by atoms with Gasteiger partial charge in [-0.15, -0.1) is 0 Å². The van der Waals surface area contributed by atoms with Gasteiger partial charge in [0.2, 0.25) is 0 Å². The monoisotopic (exact) mass is 169 g/mol. The second kappa shape index (κ2) is 3.43. The molecule has 0 unspecified atom stereocenters. The summed E-state index contributed by atoms with van der Waals surface area (Å²) in [5.41, 5.74) is 0. The van der Waals surface area contributed by atoms with Gasteiger partial charge < -0.3 is 0 Å². The Kier molecular flexibility index (Phi) is 3.35. The van der Waals surface area contributed by atoms with Gasteiger partial charge in [0.25, 0.3) is 0 Å². The van der Waals surface area contributed by atoms with E-state index in [2.05, 4.69) is 0 Å². The molecule has 11 heavy (non-hydrogen) atoms. The molecule has 0 aliphatic heterocycles. The van der Waals surface area contributed by atoms with Crippen LogP contribution in [0.15, 0.2) is 0 Å². The van der Waals surface area contributed by atoms with Gasteiger partial charge in [0, 0.05) is 6.04 Å². The summed E-state index contributed by atoms with van der Waals surface area (Å²) in [7, 11) is 1.48. The molecule has 0 radical (unpaired) electrons. The highest BCUT2D eigenvalue weighted by molar-refractivity contribution is 4.73. The molecule has 0 aliphatic carbocycles. The standard InChI is InChI=1S/C7H14F3N/c1-5(2)11(4)6(3)7(8,9)10/h5-6H,1-4H3/t6-/m0/s1. The number of hydrogen-bond acceptors (Lipinski definition) is 1. The second-order valence-corrected chi connectivity index (χ2v) is 2.98. The molecule has 0 N–H and O–H groups in total. The fraction of sp³-hybridized carbons (Fsp3) is 1.00. The summed E-state index contributed by atoms with van der Waals surface area (Å²) in [5, 5.41) is 0. The van der Waals surface area contributed by atoms with Crippen molar-refractivity contribution in [1.82, 2.24) is 4.90 Å². The summed E-state index contributed by atoms with van der Waals surface area (Å²) in [6.07, 6.45) is -4.11. The van der Waals surface area contributed by atoms with Crippen LogP contribution in [-0.4, -0.2) is 30.2 Å². The van der Waals surface area contributed by atoms with Crippen molar-refractivity contribution in [2.45, 2.75) is 39.0 Å².